The first-order valence-corrected chi connectivity index (χ1v) is 10.7. The van der Waals surface area contributed by atoms with Crippen LogP contribution >= 0.6 is 22.9 Å². The minimum Gasteiger partial charge on any atom is -0.469 e. The Hall–Kier alpha value is -1.84. The Balaban J connectivity index is 2.00. The van der Waals surface area contributed by atoms with Crippen LogP contribution in [0.4, 0.5) is 0 Å². The number of thiazole rings is 1. The molecule has 3 heterocycles. The van der Waals surface area contributed by atoms with Crippen molar-refractivity contribution in [1.29, 1.82) is 0 Å². The van der Waals surface area contributed by atoms with E-state index in [1.54, 1.807) is 6.20 Å². The van der Waals surface area contributed by atoms with Crippen LogP contribution in [0.25, 0.3) is 0 Å². The smallest absolute Gasteiger partial charge is 0.327 e. The Bertz CT molecular complexity index is 844. The van der Waals surface area contributed by atoms with Gasteiger partial charge in [-0.1, -0.05) is 0 Å². The Labute approximate surface area is 172 Å². The fourth-order valence-corrected chi connectivity index (χ4v) is 4.85. The fraction of sp³-hybridized carbons (Fsp3) is 0.579. The number of hydrogen-bond donors (Lipinski definition) is 1. The number of hydrogen-bond acceptors (Lipinski definition) is 9. The Kier molecular flexibility index (Phi) is 5.88. The largest absolute Gasteiger partial charge is 0.469 e. The van der Waals surface area contributed by atoms with Crippen LogP contribution in [0, 0.1) is 12.8 Å². The van der Waals surface area contributed by atoms with Crippen LogP contribution in [0.15, 0.2) is 17.6 Å². The van der Waals surface area contributed by atoms with Gasteiger partial charge in [0.1, 0.15) is 16.1 Å². The van der Waals surface area contributed by atoms with Crippen molar-refractivity contribution >= 4 is 34.8 Å². The standard InChI is InChI=1S/C19H25N3O4S2/c1-11-10-20-15(28-11)14-13(16(23)25-5)9-19(21-14,8-12-6-7-27-22-12)17(24)26-18(2,3)4/h6-7,10,13-14,21H,8-9H2,1-5H3/t13-,14+,19-/m0/s1. The van der Waals surface area contributed by atoms with Gasteiger partial charge in [-0.15, -0.1) is 11.3 Å². The highest BCUT2D eigenvalue weighted by Crippen LogP contribution is 2.42. The number of nitrogens with zero attached hydrogens (tertiary/aromatic N) is 2. The third-order valence-electron chi connectivity index (χ3n) is 4.58. The van der Waals surface area contributed by atoms with Gasteiger partial charge in [-0.05, 0) is 51.7 Å². The van der Waals surface area contributed by atoms with Gasteiger partial charge in [0, 0.05) is 22.9 Å². The molecule has 28 heavy (non-hydrogen) atoms. The molecule has 0 aromatic carbocycles. The fourth-order valence-electron chi connectivity index (χ4n) is 3.42. The summed E-state index contributed by atoms with van der Waals surface area (Å²) in [6.45, 7) is 7.45. The molecule has 2 aromatic rings. The lowest BCUT2D eigenvalue weighted by molar-refractivity contribution is -0.163. The zero-order valence-corrected chi connectivity index (χ0v) is 18.3. The number of aryl methyl sites for hydroxylation is 1. The first-order chi connectivity index (χ1) is 13.1. The van der Waals surface area contributed by atoms with Crippen molar-refractivity contribution < 1.29 is 19.1 Å². The summed E-state index contributed by atoms with van der Waals surface area (Å²) in [7, 11) is 1.36. The summed E-state index contributed by atoms with van der Waals surface area (Å²) in [6.07, 6.45) is 2.36. The van der Waals surface area contributed by atoms with E-state index in [9.17, 15) is 9.59 Å². The minimum atomic E-state index is -1.08. The summed E-state index contributed by atoms with van der Waals surface area (Å²) >= 11 is 2.83. The van der Waals surface area contributed by atoms with Gasteiger partial charge < -0.3 is 9.47 Å². The van der Waals surface area contributed by atoms with Gasteiger partial charge in [-0.25, -0.2) is 4.98 Å². The monoisotopic (exact) mass is 423 g/mol. The van der Waals surface area contributed by atoms with Crippen LogP contribution in [-0.2, 0) is 25.5 Å². The predicted octanol–water partition coefficient (Wildman–Crippen LogP) is 3.05. The molecule has 1 fully saturated rings. The van der Waals surface area contributed by atoms with Crippen molar-refractivity contribution in [3.8, 4) is 0 Å². The maximum absolute atomic E-state index is 13.3. The molecule has 3 atom stereocenters. The first kappa shape index (κ1) is 20.9. The van der Waals surface area contributed by atoms with Crippen LogP contribution in [0.5, 0.6) is 0 Å². The van der Waals surface area contributed by atoms with Gasteiger partial charge in [0.2, 0.25) is 0 Å². The Morgan fingerprint density at radius 1 is 1.39 bits per heavy atom. The number of aromatic nitrogens is 2. The van der Waals surface area contributed by atoms with Gasteiger partial charge in [-0.2, -0.15) is 4.37 Å². The van der Waals surface area contributed by atoms with E-state index < -0.39 is 29.1 Å². The van der Waals surface area contributed by atoms with E-state index in [1.807, 2.05) is 39.1 Å². The number of carbonyl (C=O) groups is 2. The number of esters is 2. The molecule has 2 aromatic heterocycles. The number of nitrogens with one attached hydrogen (secondary N) is 1. The van der Waals surface area contributed by atoms with Gasteiger partial charge >= 0.3 is 11.9 Å². The summed E-state index contributed by atoms with van der Waals surface area (Å²) in [6, 6.07) is 1.46. The number of rotatable bonds is 5. The number of carbonyl (C=O) groups excluding carboxylic acids is 2. The van der Waals surface area contributed by atoms with Crippen molar-refractivity contribution in [2.75, 3.05) is 7.11 Å². The lowest BCUT2D eigenvalue weighted by Crippen LogP contribution is -2.52. The second-order valence-corrected chi connectivity index (χ2v) is 9.95. The maximum atomic E-state index is 13.3. The molecular weight excluding hydrogens is 398 g/mol. The van der Waals surface area contributed by atoms with Crippen molar-refractivity contribution in [3.63, 3.8) is 0 Å². The average molecular weight is 424 g/mol. The molecule has 9 heteroatoms. The van der Waals surface area contributed by atoms with E-state index in [-0.39, 0.29) is 12.4 Å². The number of methoxy groups -OCH3 is 1. The molecule has 0 spiro atoms. The van der Waals surface area contributed by atoms with E-state index in [4.69, 9.17) is 9.47 Å². The molecule has 152 valence electrons. The highest BCUT2D eigenvalue weighted by Gasteiger charge is 2.55. The Morgan fingerprint density at radius 2 is 2.14 bits per heavy atom. The van der Waals surface area contributed by atoms with Crippen LogP contribution in [0.3, 0.4) is 0 Å². The Morgan fingerprint density at radius 3 is 2.68 bits per heavy atom. The van der Waals surface area contributed by atoms with Crippen LogP contribution < -0.4 is 5.32 Å². The van der Waals surface area contributed by atoms with Crippen LogP contribution in [0.2, 0.25) is 0 Å². The highest BCUT2D eigenvalue weighted by atomic mass is 32.1. The highest BCUT2D eigenvalue weighted by molar-refractivity contribution is 7.11. The third-order valence-corrected chi connectivity index (χ3v) is 6.17. The minimum absolute atomic E-state index is 0.259. The SMILES string of the molecule is COC(=O)[C@H]1C[C@@](Cc2ccsn2)(C(=O)OC(C)(C)C)N[C@H]1c1ncc(C)s1. The van der Waals surface area contributed by atoms with Gasteiger partial charge in [-0.3, -0.25) is 14.9 Å². The van der Waals surface area contributed by atoms with Gasteiger partial charge in [0.05, 0.1) is 24.8 Å². The third kappa shape index (κ3) is 4.42. The van der Waals surface area contributed by atoms with Gasteiger partial charge in [0.25, 0.3) is 0 Å². The van der Waals surface area contributed by atoms with Crippen molar-refractivity contribution in [1.82, 2.24) is 14.7 Å². The molecule has 1 aliphatic rings. The van der Waals surface area contributed by atoms with Crippen molar-refractivity contribution in [2.45, 2.75) is 57.7 Å². The van der Waals surface area contributed by atoms with E-state index >= 15 is 0 Å². The summed E-state index contributed by atoms with van der Waals surface area (Å²) in [5, 5.41) is 6.03. The molecule has 0 aliphatic carbocycles. The van der Waals surface area contributed by atoms with Gasteiger partial charge in [0.15, 0.2) is 0 Å². The van der Waals surface area contributed by atoms with Crippen molar-refractivity contribution in [3.05, 3.63) is 33.2 Å². The van der Waals surface area contributed by atoms with E-state index in [1.165, 1.54) is 30.0 Å². The van der Waals surface area contributed by atoms with Crippen molar-refractivity contribution in [2.24, 2.45) is 5.92 Å². The second kappa shape index (κ2) is 7.88. The predicted molar refractivity (Wildman–Crippen MR) is 107 cm³/mol. The van der Waals surface area contributed by atoms with E-state index in [0.717, 1.165) is 15.6 Å². The normalized spacial score (nSPS) is 24.9. The summed E-state index contributed by atoms with van der Waals surface area (Å²) in [4.78, 5) is 31.3. The molecule has 3 rings (SSSR count). The topological polar surface area (TPSA) is 90.4 Å². The molecule has 7 nitrogen and oxygen atoms in total. The lowest BCUT2D eigenvalue weighted by atomic mass is 9.87. The molecule has 0 saturated carbocycles. The zero-order valence-electron chi connectivity index (χ0n) is 16.6. The summed E-state index contributed by atoms with van der Waals surface area (Å²) in [5.41, 5.74) is -0.947. The summed E-state index contributed by atoms with van der Waals surface area (Å²) in [5.74, 6) is -1.30. The zero-order chi connectivity index (χ0) is 20.5. The molecule has 0 bridgehead atoms. The quantitative estimate of drug-likeness (QED) is 0.739. The molecule has 1 saturated heterocycles. The molecule has 0 unspecified atom stereocenters. The second-order valence-electron chi connectivity index (χ2n) is 8.02. The first-order valence-electron chi connectivity index (χ1n) is 9.04. The molecular formula is C19H25N3O4S2. The molecule has 1 N–H and O–H groups in total. The van der Waals surface area contributed by atoms with Crippen LogP contribution in [0.1, 0.15) is 48.8 Å². The van der Waals surface area contributed by atoms with E-state index in [2.05, 4.69) is 14.7 Å². The lowest BCUT2D eigenvalue weighted by Gasteiger charge is -2.31. The molecule has 1 aliphatic heterocycles. The average Bonchev–Trinajstić information content (AvgIpc) is 3.33. The summed E-state index contributed by atoms with van der Waals surface area (Å²) < 4.78 is 15.1. The van der Waals surface area contributed by atoms with E-state index in [0.29, 0.717) is 6.42 Å². The van der Waals surface area contributed by atoms with Crippen LogP contribution in [-0.4, -0.2) is 39.5 Å². The number of ether oxygens (including phenoxy) is 2. The molecule has 0 radical (unpaired) electrons. The maximum Gasteiger partial charge on any atom is 0.327 e. The molecule has 0 amide bonds.